The molecule has 0 saturated heterocycles. The van der Waals surface area contributed by atoms with Gasteiger partial charge in [-0.15, -0.1) is 0 Å². The van der Waals surface area contributed by atoms with E-state index in [1.54, 1.807) is 25.1 Å². The Balaban J connectivity index is 2.16. The predicted octanol–water partition coefficient (Wildman–Crippen LogP) is 0.707. The number of nitrogens with one attached hydrogen (secondary N) is 2. The van der Waals surface area contributed by atoms with Crippen LogP contribution in [0, 0.1) is 0 Å². The Morgan fingerprint density at radius 2 is 2.21 bits per heavy atom. The summed E-state index contributed by atoms with van der Waals surface area (Å²) < 4.78 is 31.1. The van der Waals surface area contributed by atoms with Crippen molar-refractivity contribution >= 4 is 21.6 Å². The van der Waals surface area contributed by atoms with Crippen LogP contribution >= 0.6 is 0 Å². The van der Waals surface area contributed by atoms with Gasteiger partial charge in [0.2, 0.25) is 10.0 Å². The first-order valence-corrected chi connectivity index (χ1v) is 7.51. The molecule has 0 radical (unpaired) electrons. The number of anilines is 1. The Labute approximate surface area is 112 Å². The van der Waals surface area contributed by atoms with Crippen LogP contribution in [0.15, 0.2) is 18.2 Å². The summed E-state index contributed by atoms with van der Waals surface area (Å²) in [5.74, 6) is -0.312. The van der Waals surface area contributed by atoms with Crippen molar-refractivity contribution in [3.63, 3.8) is 0 Å². The summed E-state index contributed by atoms with van der Waals surface area (Å²) in [4.78, 5) is 11.5. The Morgan fingerprint density at radius 3 is 2.89 bits per heavy atom. The first-order valence-electron chi connectivity index (χ1n) is 5.85. The van der Waals surface area contributed by atoms with Crippen LogP contribution in [-0.2, 0) is 21.3 Å². The van der Waals surface area contributed by atoms with Crippen LogP contribution in [0.3, 0.4) is 0 Å². The molecule has 1 heterocycles. The van der Waals surface area contributed by atoms with Gasteiger partial charge in [-0.25, -0.2) is 8.42 Å². The zero-order valence-electron chi connectivity index (χ0n) is 10.8. The fraction of sp³-hybridized carbons (Fsp3) is 0.417. The molecule has 2 N–H and O–H groups in total. The Bertz CT molecular complexity index is 598. The number of benzene rings is 1. The molecular weight excluding hydrogens is 268 g/mol. The molecule has 0 fully saturated rings. The second-order valence-corrected chi connectivity index (χ2v) is 6.25. The number of hydrogen-bond donors (Lipinski definition) is 2. The van der Waals surface area contributed by atoms with Crippen LogP contribution in [0.1, 0.15) is 22.8 Å². The molecule has 1 aromatic carbocycles. The molecule has 19 heavy (non-hydrogen) atoms. The van der Waals surface area contributed by atoms with E-state index in [9.17, 15) is 13.2 Å². The van der Waals surface area contributed by atoms with Crippen LogP contribution in [0.2, 0.25) is 0 Å². The van der Waals surface area contributed by atoms with Gasteiger partial charge in [-0.3, -0.25) is 9.52 Å². The standard InChI is InChI=1S/C12H16N2O4S/c1-8(18-2)7-19(16,17)14-10-4-3-9-6-13-12(15)11(9)5-10/h3-5,8,14H,6-7H2,1-2H3,(H,13,15)/t8-/m0/s1. The van der Waals surface area contributed by atoms with Crippen molar-refractivity contribution < 1.29 is 17.9 Å². The van der Waals surface area contributed by atoms with Crippen molar-refractivity contribution in [3.05, 3.63) is 29.3 Å². The number of hydrogen-bond acceptors (Lipinski definition) is 4. The highest BCUT2D eigenvalue weighted by Gasteiger charge is 2.20. The van der Waals surface area contributed by atoms with E-state index in [4.69, 9.17) is 4.74 Å². The van der Waals surface area contributed by atoms with Gasteiger partial charge in [-0.05, 0) is 24.6 Å². The maximum atomic E-state index is 11.9. The molecule has 104 valence electrons. The summed E-state index contributed by atoms with van der Waals surface area (Å²) >= 11 is 0. The number of rotatable bonds is 5. The molecule has 0 spiro atoms. The molecule has 1 atom stereocenters. The average Bonchev–Trinajstić information content (AvgIpc) is 2.70. The number of sulfonamides is 1. The molecule has 1 amide bonds. The lowest BCUT2D eigenvalue weighted by Crippen LogP contribution is -2.25. The van der Waals surface area contributed by atoms with Crippen molar-refractivity contribution in [2.75, 3.05) is 17.6 Å². The molecule has 1 aliphatic rings. The average molecular weight is 284 g/mol. The number of carbonyl (C=O) groups is 1. The highest BCUT2D eigenvalue weighted by Crippen LogP contribution is 2.21. The molecule has 0 bridgehead atoms. The fourth-order valence-electron chi connectivity index (χ4n) is 1.87. The maximum Gasteiger partial charge on any atom is 0.251 e. The molecule has 0 aliphatic carbocycles. The lowest BCUT2D eigenvalue weighted by Gasteiger charge is -2.12. The molecule has 1 aliphatic heterocycles. The van der Waals surface area contributed by atoms with Crippen molar-refractivity contribution in [1.82, 2.24) is 5.32 Å². The SMILES string of the molecule is CO[C@@H](C)CS(=O)(=O)Nc1ccc2c(c1)C(=O)NC2. The summed E-state index contributed by atoms with van der Waals surface area (Å²) in [7, 11) is -2.03. The minimum Gasteiger partial charge on any atom is -0.381 e. The number of fused-ring (bicyclic) bond motifs is 1. The molecule has 6 nitrogen and oxygen atoms in total. The van der Waals surface area contributed by atoms with E-state index in [1.165, 1.54) is 7.11 Å². The number of ether oxygens (including phenoxy) is 1. The summed E-state index contributed by atoms with van der Waals surface area (Å²) in [6.07, 6.45) is -0.393. The van der Waals surface area contributed by atoms with Crippen LogP contribution in [0.4, 0.5) is 5.69 Å². The van der Waals surface area contributed by atoms with Crippen LogP contribution in [0.25, 0.3) is 0 Å². The third-order valence-electron chi connectivity index (χ3n) is 2.92. The van der Waals surface area contributed by atoms with E-state index in [-0.39, 0.29) is 11.7 Å². The van der Waals surface area contributed by atoms with Gasteiger partial charge in [0.05, 0.1) is 11.9 Å². The molecular formula is C12H16N2O4S. The van der Waals surface area contributed by atoms with Crippen LogP contribution in [0.5, 0.6) is 0 Å². The van der Waals surface area contributed by atoms with E-state index in [2.05, 4.69) is 10.0 Å². The summed E-state index contributed by atoms with van der Waals surface area (Å²) in [5, 5.41) is 2.68. The van der Waals surface area contributed by atoms with Gasteiger partial charge in [-0.2, -0.15) is 0 Å². The monoisotopic (exact) mass is 284 g/mol. The van der Waals surface area contributed by atoms with Crippen LogP contribution < -0.4 is 10.0 Å². The lowest BCUT2D eigenvalue weighted by molar-refractivity contribution is 0.0965. The predicted molar refractivity (Wildman–Crippen MR) is 71.5 cm³/mol. The van der Waals surface area contributed by atoms with Gasteiger partial charge in [0.1, 0.15) is 0 Å². The highest BCUT2D eigenvalue weighted by molar-refractivity contribution is 7.92. The van der Waals surface area contributed by atoms with E-state index in [1.807, 2.05) is 0 Å². The normalized spacial score (nSPS) is 15.8. The van der Waals surface area contributed by atoms with Crippen LogP contribution in [-0.4, -0.2) is 33.3 Å². The lowest BCUT2D eigenvalue weighted by atomic mass is 10.1. The molecule has 7 heteroatoms. The van der Waals surface area contributed by atoms with Crippen molar-refractivity contribution in [2.45, 2.75) is 19.6 Å². The largest absolute Gasteiger partial charge is 0.381 e. The zero-order valence-corrected chi connectivity index (χ0v) is 11.6. The van der Waals surface area contributed by atoms with Gasteiger partial charge in [-0.1, -0.05) is 6.07 Å². The zero-order chi connectivity index (χ0) is 14.0. The van der Waals surface area contributed by atoms with E-state index in [0.29, 0.717) is 17.8 Å². The van der Waals surface area contributed by atoms with Gasteiger partial charge in [0, 0.05) is 24.9 Å². The topological polar surface area (TPSA) is 84.5 Å². The molecule has 0 unspecified atom stereocenters. The fourth-order valence-corrected chi connectivity index (χ4v) is 3.20. The Kier molecular flexibility index (Phi) is 3.77. The van der Waals surface area contributed by atoms with E-state index >= 15 is 0 Å². The summed E-state index contributed by atoms with van der Waals surface area (Å²) in [6, 6.07) is 4.94. The number of amides is 1. The molecule has 1 aromatic rings. The highest BCUT2D eigenvalue weighted by atomic mass is 32.2. The Morgan fingerprint density at radius 1 is 1.47 bits per heavy atom. The first kappa shape index (κ1) is 13.8. The van der Waals surface area contributed by atoms with Gasteiger partial charge >= 0.3 is 0 Å². The minimum atomic E-state index is -3.49. The quantitative estimate of drug-likeness (QED) is 0.834. The van der Waals surface area contributed by atoms with Gasteiger partial charge < -0.3 is 10.1 Å². The minimum absolute atomic E-state index is 0.132. The van der Waals surface area contributed by atoms with E-state index in [0.717, 1.165) is 5.56 Å². The third-order valence-corrected chi connectivity index (χ3v) is 4.38. The third kappa shape index (κ3) is 3.24. The molecule has 0 saturated carbocycles. The maximum absolute atomic E-state index is 11.9. The van der Waals surface area contributed by atoms with Gasteiger partial charge in [0.15, 0.2) is 0 Å². The summed E-state index contributed by atoms with van der Waals surface area (Å²) in [5.41, 5.74) is 1.78. The summed E-state index contributed by atoms with van der Waals surface area (Å²) in [6.45, 7) is 2.16. The first-order chi connectivity index (χ1) is 8.91. The second kappa shape index (κ2) is 5.18. The van der Waals surface area contributed by atoms with Gasteiger partial charge in [0.25, 0.3) is 5.91 Å². The Hall–Kier alpha value is -1.60. The van der Waals surface area contributed by atoms with Crippen molar-refractivity contribution in [3.8, 4) is 0 Å². The molecule has 0 aromatic heterocycles. The number of carbonyl (C=O) groups excluding carboxylic acids is 1. The van der Waals surface area contributed by atoms with Crippen molar-refractivity contribution in [2.24, 2.45) is 0 Å². The second-order valence-electron chi connectivity index (χ2n) is 4.48. The number of methoxy groups -OCH3 is 1. The van der Waals surface area contributed by atoms with Crippen molar-refractivity contribution in [1.29, 1.82) is 0 Å². The molecule has 2 rings (SSSR count). The van der Waals surface area contributed by atoms with E-state index < -0.39 is 16.1 Å². The smallest absolute Gasteiger partial charge is 0.251 e.